The van der Waals surface area contributed by atoms with E-state index in [4.69, 9.17) is 4.74 Å². The lowest BCUT2D eigenvalue weighted by molar-refractivity contribution is 0.257. The largest absolute Gasteiger partial charge is 0.487 e. The molecular weight excluding hydrogens is 416 g/mol. The number of piperidine rings is 1. The molecule has 7 heteroatoms. The van der Waals surface area contributed by atoms with E-state index in [-0.39, 0.29) is 11.0 Å². The third-order valence-corrected chi connectivity index (χ3v) is 7.03. The maximum Gasteiger partial charge on any atom is 0.225 e. The molecular formula is C24H26F2N3OS+. The molecule has 5 rings (SSSR count). The van der Waals surface area contributed by atoms with Gasteiger partial charge in [-0.3, -0.25) is 0 Å². The molecule has 2 aromatic rings. The van der Waals surface area contributed by atoms with E-state index >= 15 is 0 Å². The van der Waals surface area contributed by atoms with E-state index in [1.54, 1.807) is 0 Å². The van der Waals surface area contributed by atoms with Gasteiger partial charge in [0.2, 0.25) is 5.95 Å². The molecule has 0 N–H and O–H groups in total. The minimum absolute atomic E-state index is 0.261. The van der Waals surface area contributed by atoms with Gasteiger partial charge in [-0.05, 0) is 65.8 Å². The van der Waals surface area contributed by atoms with E-state index < -0.39 is 11.6 Å². The number of allylic oxidation sites excluding steroid dienone is 3. The number of ether oxygens (including phenoxy) is 1. The topological polar surface area (TPSA) is 38.2 Å². The first kappa shape index (κ1) is 20.5. The molecule has 0 amide bonds. The molecule has 162 valence electrons. The number of rotatable bonds is 6. The number of hydrogen-bond acceptors (Lipinski definition) is 4. The fourth-order valence-corrected chi connectivity index (χ4v) is 4.85. The van der Waals surface area contributed by atoms with Gasteiger partial charge in [0.25, 0.3) is 0 Å². The van der Waals surface area contributed by atoms with Crippen LogP contribution < -0.4 is 9.64 Å². The smallest absolute Gasteiger partial charge is 0.225 e. The van der Waals surface area contributed by atoms with E-state index in [1.165, 1.54) is 12.1 Å². The van der Waals surface area contributed by atoms with Crippen molar-refractivity contribution in [2.75, 3.05) is 24.6 Å². The zero-order chi connectivity index (χ0) is 21.5. The lowest BCUT2D eigenvalue weighted by atomic mass is 9.99. The molecule has 1 saturated carbocycles. The standard InChI is InChI=1S/C24H25F2N3OS/c1-2-14-9-27-24(28-10-14)29-11-18-19(12-29)20(18)13-30-23-21(25)7-16(8-22(23)26)15-3-5-17(31)6-4-15/h3-5,7-10,17-20,31H,2,6,11-13H2,1H3/p+1/t17?,18-,19+,20?. The lowest BCUT2D eigenvalue weighted by Crippen LogP contribution is -2.27. The monoisotopic (exact) mass is 442 g/mol. The van der Waals surface area contributed by atoms with E-state index in [0.717, 1.165) is 43.0 Å². The van der Waals surface area contributed by atoms with Crippen molar-refractivity contribution in [1.29, 1.82) is 0 Å². The average Bonchev–Trinajstić information content (AvgIpc) is 3.22. The molecule has 1 saturated heterocycles. The van der Waals surface area contributed by atoms with Gasteiger partial charge < -0.3 is 9.64 Å². The second-order valence-electron chi connectivity index (χ2n) is 8.58. The summed E-state index contributed by atoms with van der Waals surface area (Å²) in [6.07, 6.45) is 11.3. The van der Waals surface area contributed by atoms with Gasteiger partial charge in [-0.2, -0.15) is 0 Å². The van der Waals surface area contributed by atoms with Gasteiger partial charge in [-0.1, -0.05) is 19.1 Å². The Labute approximate surface area is 186 Å². The van der Waals surface area contributed by atoms with Gasteiger partial charge in [-0.15, -0.1) is 0 Å². The fourth-order valence-electron chi connectivity index (χ4n) is 4.63. The molecule has 4 atom stereocenters. The number of benzene rings is 1. The molecule has 2 unspecified atom stereocenters. The Hall–Kier alpha value is -2.41. The highest BCUT2D eigenvalue weighted by atomic mass is 32.1. The van der Waals surface area contributed by atoms with Crippen LogP contribution in [0, 0.1) is 29.4 Å². The zero-order valence-electron chi connectivity index (χ0n) is 17.4. The second-order valence-corrected chi connectivity index (χ2v) is 9.32. The molecule has 0 bridgehead atoms. The van der Waals surface area contributed by atoms with Gasteiger partial charge in [0.15, 0.2) is 17.4 Å². The van der Waals surface area contributed by atoms with Crippen LogP contribution in [0.2, 0.25) is 0 Å². The third-order valence-electron chi connectivity index (χ3n) is 6.61. The van der Waals surface area contributed by atoms with Crippen molar-refractivity contribution < 1.29 is 13.5 Å². The Bertz CT molecular complexity index is 1000. The molecule has 0 radical (unpaired) electrons. The van der Waals surface area contributed by atoms with Crippen LogP contribution in [0.5, 0.6) is 5.75 Å². The molecule has 1 aromatic heterocycles. The average molecular weight is 443 g/mol. The van der Waals surface area contributed by atoms with Crippen LogP contribution in [-0.2, 0) is 19.0 Å². The Morgan fingerprint density at radius 2 is 1.81 bits per heavy atom. The van der Waals surface area contributed by atoms with Crippen LogP contribution in [-0.4, -0.2) is 34.9 Å². The van der Waals surface area contributed by atoms with E-state index in [0.29, 0.717) is 29.9 Å². The summed E-state index contributed by atoms with van der Waals surface area (Å²) in [5.74, 6) is 0.438. The summed E-state index contributed by atoms with van der Waals surface area (Å²) in [6.45, 7) is 4.14. The van der Waals surface area contributed by atoms with E-state index in [1.807, 2.05) is 30.6 Å². The lowest BCUT2D eigenvalue weighted by Gasteiger charge is -2.20. The number of hydrogen-bond donors (Lipinski definition) is 0. The minimum atomic E-state index is -0.651. The van der Waals surface area contributed by atoms with Crippen LogP contribution in [0.4, 0.5) is 14.7 Å². The Morgan fingerprint density at radius 1 is 1.13 bits per heavy atom. The molecule has 31 heavy (non-hydrogen) atoms. The highest BCUT2D eigenvalue weighted by molar-refractivity contribution is 7.59. The maximum atomic E-state index is 14.6. The third kappa shape index (κ3) is 4.07. The summed E-state index contributed by atoms with van der Waals surface area (Å²) in [6, 6.07) is 2.71. The van der Waals surface area contributed by atoms with Crippen LogP contribution in [0.15, 0.2) is 42.8 Å². The molecule has 0 spiro atoms. The number of aryl methyl sites for hydroxylation is 1. The van der Waals surface area contributed by atoms with Crippen molar-refractivity contribution in [3.8, 4) is 5.75 Å². The van der Waals surface area contributed by atoms with Crippen LogP contribution in [0.3, 0.4) is 0 Å². The summed E-state index contributed by atoms with van der Waals surface area (Å²) < 4.78 is 34.8. The first-order valence-electron chi connectivity index (χ1n) is 10.8. The molecule has 2 fully saturated rings. The van der Waals surface area contributed by atoms with Crippen molar-refractivity contribution in [3.63, 3.8) is 0 Å². The van der Waals surface area contributed by atoms with Gasteiger partial charge in [-0.25, -0.2) is 18.7 Å². The molecule has 1 aromatic carbocycles. The zero-order valence-corrected chi connectivity index (χ0v) is 18.4. The fraction of sp³-hybridized carbons (Fsp3) is 0.417. The molecule has 4 nitrogen and oxygen atoms in total. The Balaban J connectivity index is 1.18. The van der Waals surface area contributed by atoms with Gasteiger partial charge in [0.05, 0.1) is 6.61 Å². The number of fused-ring (bicyclic) bond motifs is 1. The molecule has 2 aliphatic carbocycles. The minimum Gasteiger partial charge on any atom is -0.487 e. The van der Waals surface area contributed by atoms with Crippen LogP contribution in [0.25, 0.3) is 5.57 Å². The summed E-state index contributed by atoms with van der Waals surface area (Å²) in [5.41, 5.74) is 2.48. The molecule has 2 heterocycles. The first-order valence-corrected chi connectivity index (χ1v) is 11.4. The van der Waals surface area contributed by atoms with E-state index in [2.05, 4.69) is 34.4 Å². The summed E-state index contributed by atoms with van der Waals surface area (Å²) in [4.78, 5) is 11.1. The Kier molecular flexibility index (Phi) is 5.46. The van der Waals surface area contributed by atoms with Crippen molar-refractivity contribution >= 4 is 24.2 Å². The maximum absolute atomic E-state index is 14.6. The highest BCUT2D eigenvalue weighted by Gasteiger charge is 2.56. The van der Waals surface area contributed by atoms with Crippen LogP contribution >= 0.6 is 0 Å². The number of aromatic nitrogens is 2. The first-order chi connectivity index (χ1) is 15.0. The summed E-state index contributed by atoms with van der Waals surface area (Å²) in [5, 5.41) is 0.261. The highest BCUT2D eigenvalue weighted by Crippen LogP contribution is 2.52. The second kappa shape index (κ2) is 8.26. The van der Waals surface area contributed by atoms with Gasteiger partial charge in [0.1, 0.15) is 5.25 Å². The summed E-state index contributed by atoms with van der Waals surface area (Å²) >= 11 is 3.55. The van der Waals surface area contributed by atoms with Gasteiger partial charge >= 0.3 is 0 Å². The Morgan fingerprint density at radius 3 is 2.39 bits per heavy atom. The van der Waals surface area contributed by atoms with Gasteiger partial charge in [0, 0.05) is 37.8 Å². The van der Waals surface area contributed by atoms with Crippen molar-refractivity contribution in [2.24, 2.45) is 17.8 Å². The quantitative estimate of drug-likeness (QED) is 0.638. The molecule has 1 aliphatic heterocycles. The van der Waals surface area contributed by atoms with E-state index in [9.17, 15) is 8.78 Å². The SMILES string of the molecule is CCc1cnc(N2C[C@@H]3C(COc4c(F)cc(C5=CCC([SH2+])C=C5)cc4F)[C@@H]3C2)nc1. The number of nitrogens with zero attached hydrogens (tertiary/aromatic N) is 3. The number of anilines is 1. The normalized spacial score (nSPS) is 26.6. The van der Waals surface area contributed by atoms with Crippen molar-refractivity contribution in [2.45, 2.75) is 25.0 Å². The van der Waals surface area contributed by atoms with Crippen molar-refractivity contribution in [3.05, 3.63) is 65.5 Å². The summed E-state index contributed by atoms with van der Waals surface area (Å²) in [7, 11) is 0. The predicted molar refractivity (Wildman–Crippen MR) is 122 cm³/mol. The van der Waals surface area contributed by atoms with Crippen molar-refractivity contribution in [1.82, 2.24) is 9.97 Å². The number of halogens is 2. The molecule has 3 aliphatic rings. The predicted octanol–water partition coefficient (Wildman–Crippen LogP) is 3.80. The van der Waals surface area contributed by atoms with Crippen LogP contribution in [0.1, 0.15) is 24.5 Å².